The summed E-state index contributed by atoms with van der Waals surface area (Å²) in [6.07, 6.45) is 5.52. The molecule has 1 heterocycles. The van der Waals surface area contributed by atoms with Crippen molar-refractivity contribution in [3.63, 3.8) is 0 Å². The van der Waals surface area contributed by atoms with Crippen LogP contribution in [0.1, 0.15) is 19.2 Å². The van der Waals surface area contributed by atoms with Crippen LogP contribution in [0.5, 0.6) is 0 Å². The first-order valence-electron chi connectivity index (χ1n) is 4.83. The summed E-state index contributed by atoms with van der Waals surface area (Å²) in [7, 11) is 0. The van der Waals surface area contributed by atoms with Crippen LogP contribution in [0.3, 0.4) is 0 Å². The third-order valence-electron chi connectivity index (χ3n) is 1.74. The largest absolute Gasteiger partial charge is 0.363 e. The number of hydrogen-bond donors (Lipinski definition) is 3. The van der Waals surface area contributed by atoms with Crippen LogP contribution in [0.4, 0.5) is 0 Å². The molecule has 0 aromatic carbocycles. The summed E-state index contributed by atoms with van der Waals surface area (Å²) in [5, 5.41) is 6.94. The van der Waals surface area contributed by atoms with Crippen LogP contribution in [0.2, 0.25) is 0 Å². The number of rotatable bonds is 5. The first-order chi connectivity index (χ1) is 6.83. The third kappa shape index (κ3) is 4.23. The Bertz CT molecular complexity index is 258. The lowest BCUT2D eigenvalue weighted by Crippen LogP contribution is -2.36. The minimum absolute atomic E-state index is 0.721. The van der Waals surface area contributed by atoms with Gasteiger partial charge in [-0.1, -0.05) is 6.92 Å². The van der Waals surface area contributed by atoms with Gasteiger partial charge in [-0.25, -0.2) is 4.98 Å². The Morgan fingerprint density at radius 1 is 1.50 bits per heavy atom. The van der Waals surface area contributed by atoms with Gasteiger partial charge in [0.15, 0.2) is 5.11 Å². The Hall–Kier alpha value is -1.10. The van der Waals surface area contributed by atoms with Crippen molar-refractivity contribution in [3.05, 3.63) is 18.2 Å². The molecule has 0 saturated carbocycles. The van der Waals surface area contributed by atoms with Gasteiger partial charge >= 0.3 is 0 Å². The van der Waals surface area contributed by atoms with Gasteiger partial charge in [0.05, 0.1) is 0 Å². The Labute approximate surface area is 89.5 Å². The topological polar surface area (TPSA) is 52.7 Å². The zero-order valence-electron chi connectivity index (χ0n) is 8.34. The van der Waals surface area contributed by atoms with E-state index < -0.39 is 0 Å². The zero-order chi connectivity index (χ0) is 10.2. The van der Waals surface area contributed by atoms with Crippen LogP contribution in [0, 0.1) is 0 Å². The highest BCUT2D eigenvalue weighted by atomic mass is 32.1. The molecule has 0 fully saturated rings. The van der Waals surface area contributed by atoms with Crippen LogP contribution in [0.25, 0.3) is 0 Å². The van der Waals surface area contributed by atoms with E-state index in [-0.39, 0.29) is 0 Å². The maximum Gasteiger partial charge on any atom is 0.166 e. The number of hydrogen-bond acceptors (Lipinski definition) is 2. The predicted molar refractivity (Wildman–Crippen MR) is 61.2 cm³/mol. The van der Waals surface area contributed by atoms with Gasteiger partial charge in [0.25, 0.3) is 0 Å². The average molecular weight is 212 g/mol. The molecule has 0 saturated heterocycles. The molecule has 0 radical (unpaired) electrons. The summed E-state index contributed by atoms with van der Waals surface area (Å²) in [5.41, 5.74) is 0. The molecule has 0 aliphatic heterocycles. The molecule has 1 aromatic heterocycles. The van der Waals surface area contributed by atoms with E-state index in [4.69, 9.17) is 12.2 Å². The second kappa shape index (κ2) is 6.37. The Morgan fingerprint density at radius 2 is 2.29 bits per heavy atom. The van der Waals surface area contributed by atoms with Crippen LogP contribution in [-0.4, -0.2) is 28.2 Å². The van der Waals surface area contributed by atoms with Gasteiger partial charge in [0.2, 0.25) is 0 Å². The fraction of sp³-hybridized carbons (Fsp3) is 0.556. The first kappa shape index (κ1) is 11.0. The number of aromatic amines is 1. The fourth-order valence-electron chi connectivity index (χ4n) is 1.03. The van der Waals surface area contributed by atoms with Crippen molar-refractivity contribution in [2.45, 2.75) is 19.8 Å². The Morgan fingerprint density at radius 3 is 2.93 bits per heavy atom. The van der Waals surface area contributed by atoms with Crippen LogP contribution >= 0.6 is 12.2 Å². The zero-order valence-corrected chi connectivity index (χ0v) is 9.16. The monoisotopic (exact) mass is 212 g/mol. The van der Waals surface area contributed by atoms with Crippen molar-refractivity contribution in [2.75, 3.05) is 13.1 Å². The van der Waals surface area contributed by atoms with Crippen molar-refractivity contribution >= 4 is 17.3 Å². The van der Waals surface area contributed by atoms with Gasteiger partial charge in [-0.05, 0) is 18.6 Å². The minimum Gasteiger partial charge on any atom is -0.363 e. The molecule has 3 N–H and O–H groups in total. The molecule has 0 aliphatic carbocycles. The molecule has 0 spiro atoms. The molecular formula is C9H16N4S. The predicted octanol–water partition coefficient (Wildman–Crippen LogP) is 0.826. The van der Waals surface area contributed by atoms with Gasteiger partial charge < -0.3 is 15.6 Å². The molecule has 0 unspecified atom stereocenters. The van der Waals surface area contributed by atoms with Crippen LogP contribution < -0.4 is 10.6 Å². The maximum atomic E-state index is 5.06. The van der Waals surface area contributed by atoms with E-state index >= 15 is 0 Å². The van der Waals surface area contributed by atoms with Gasteiger partial charge in [0.1, 0.15) is 5.82 Å². The van der Waals surface area contributed by atoms with Crippen molar-refractivity contribution in [1.29, 1.82) is 0 Å². The van der Waals surface area contributed by atoms with E-state index in [0.717, 1.165) is 36.9 Å². The number of imidazole rings is 1. The van der Waals surface area contributed by atoms with Gasteiger partial charge in [-0.15, -0.1) is 0 Å². The van der Waals surface area contributed by atoms with E-state index in [9.17, 15) is 0 Å². The fourth-order valence-corrected chi connectivity index (χ4v) is 1.23. The summed E-state index contributed by atoms with van der Waals surface area (Å²) in [5.74, 6) is 0.982. The van der Waals surface area contributed by atoms with Crippen molar-refractivity contribution in [1.82, 2.24) is 20.6 Å². The molecule has 0 atom stereocenters. The highest BCUT2D eigenvalue weighted by molar-refractivity contribution is 7.80. The van der Waals surface area contributed by atoms with Crippen LogP contribution in [0.15, 0.2) is 12.4 Å². The molecule has 0 bridgehead atoms. The molecule has 1 rings (SSSR count). The number of nitrogens with one attached hydrogen (secondary N) is 3. The first-order valence-corrected chi connectivity index (χ1v) is 5.23. The second-order valence-electron chi connectivity index (χ2n) is 2.97. The van der Waals surface area contributed by atoms with Gasteiger partial charge in [0, 0.05) is 31.9 Å². The number of nitrogens with zero attached hydrogens (tertiary/aromatic N) is 1. The second-order valence-corrected chi connectivity index (χ2v) is 3.38. The smallest absolute Gasteiger partial charge is 0.166 e. The standard InChI is InChI=1S/C9H16N4S/c1-2-4-12-9(14)13-5-3-8-10-6-7-11-8/h6-7H,2-5H2,1H3,(H,10,11)(H2,12,13,14). The summed E-state index contributed by atoms with van der Waals surface area (Å²) in [6, 6.07) is 0. The molecule has 14 heavy (non-hydrogen) atoms. The molecule has 0 amide bonds. The highest BCUT2D eigenvalue weighted by Crippen LogP contribution is 1.87. The Balaban J connectivity index is 2.06. The van der Waals surface area contributed by atoms with Crippen molar-refractivity contribution in [2.24, 2.45) is 0 Å². The quantitative estimate of drug-likeness (QED) is 0.633. The van der Waals surface area contributed by atoms with E-state index in [2.05, 4.69) is 27.5 Å². The van der Waals surface area contributed by atoms with Crippen molar-refractivity contribution in [3.8, 4) is 0 Å². The lowest BCUT2D eigenvalue weighted by molar-refractivity contribution is 0.776. The molecule has 5 heteroatoms. The number of thiocarbonyl (C=S) groups is 1. The van der Waals surface area contributed by atoms with E-state index in [1.807, 2.05) is 6.20 Å². The lowest BCUT2D eigenvalue weighted by Gasteiger charge is -2.08. The van der Waals surface area contributed by atoms with E-state index in [1.54, 1.807) is 6.20 Å². The normalized spacial score (nSPS) is 9.79. The molecule has 78 valence electrons. The lowest BCUT2D eigenvalue weighted by atomic mass is 10.4. The molecular weight excluding hydrogens is 196 g/mol. The summed E-state index contributed by atoms with van der Waals surface area (Å²) in [6.45, 7) is 3.84. The summed E-state index contributed by atoms with van der Waals surface area (Å²) < 4.78 is 0. The van der Waals surface area contributed by atoms with E-state index in [1.165, 1.54) is 0 Å². The molecule has 1 aromatic rings. The van der Waals surface area contributed by atoms with E-state index in [0.29, 0.717) is 0 Å². The van der Waals surface area contributed by atoms with Crippen molar-refractivity contribution < 1.29 is 0 Å². The SMILES string of the molecule is CCCNC(=S)NCCc1ncc[nH]1. The minimum atomic E-state index is 0.721. The Kier molecular flexibility index (Phi) is 4.99. The van der Waals surface area contributed by atoms with Gasteiger partial charge in [-0.2, -0.15) is 0 Å². The highest BCUT2D eigenvalue weighted by Gasteiger charge is 1.95. The summed E-state index contributed by atoms with van der Waals surface area (Å²) in [4.78, 5) is 7.16. The van der Waals surface area contributed by atoms with Crippen LogP contribution in [-0.2, 0) is 6.42 Å². The number of H-pyrrole nitrogens is 1. The third-order valence-corrected chi connectivity index (χ3v) is 2.03. The summed E-state index contributed by atoms with van der Waals surface area (Å²) >= 11 is 5.06. The average Bonchev–Trinajstić information content (AvgIpc) is 2.67. The maximum absolute atomic E-state index is 5.06. The molecule has 4 nitrogen and oxygen atoms in total. The molecule has 0 aliphatic rings. The number of aromatic nitrogens is 2. The van der Waals surface area contributed by atoms with Gasteiger partial charge in [-0.3, -0.25) is 0 Å².